The lowest BCUT2D eigenvalue weighted by molar-refractivity contribution is -0.129. The van der Waals surface area contributed by atoms with Gasteiger partial charge in [-0.05, 0) is 31.9 Å². The van der Waals surface area contributed by atoms with Crippen LogP contribution in [-0.4, -0.2) is 36.5 Å². The lowest BCUT2D eigenvalue weighted by atomic mass is 10.2. The number of carbonyl (C=O) groups excluding carboxylic acids is 1. The highest BCUT2D eigenvalue weighted by Gasteiger charge is 2.29. The second-order valence-electron chi connectivity index (χ2n) is 4.80. The predicted molar refractivity (Wildman–Crippen MR) is 65.7 cm³/mol. The third-order valence-corrected chi connectivity index (χ3v) is 3.18. The van der Waals surface area contributed by atoms with E-state index in [4.69, 9.17) is 4.42 Å². The van der Waals surface area contributed by atoms with E-state index in [9.17, 15) is 4.79 Å². The Morgan fingerprint density at radius 2 is 2.41 bits per heavy atom. The van der Waals surface area contributed by atoms with E-state index in [0.29, 0.717) is 12.6 Å². The maximum Gasteiger partial charge on any atom is 0.236 e. The van der Waals surface area contributed by atoms with E-state index in [-0.39, 0.29) is 11.9 Å². The van der Waals surface area contributed by atoms with Gasteiger partial charge in [-0.15, -0.1) is 0 Å². The highest BCUT2D eigenvalue weighted by atomic mass is 16.3. The number of furan rings is 1. The van der Waals surface area contributed by atoms with E-state index in [2.05, 4.69) is 12.2 Å². The fourth-order valence-corrected chi connectivity index (χ4v) is 1.85. The second-order valence-corrected chi connectivity index (χ2v) is 4.80. The van der Waals surface area contributed by atoms with Crippen molar-refractivity contribution < 1.29 is 9.21 Å². The highest BCUT2D eigenvalue weighted by molar-refractivity contribution is 5.78. The molecule has 0 aromatic carbocycles. The molecule has 1 aromatic rings. The molecular formula is C13H20N2O2. The number of likely N-dealkylation sites (N-methyl/N-ethyl adjacent to an activating group) is 1. The van der Waals surface area contributed by atoms with Crippen LogP contribution in [0.3, 0.4) is 0 Å². The topological polar surface area (TPSA) is 45.5 Å². The van der Waals surface area contributed by atoms with E-state index in [1.54, 1.807) is 6.26 Å². The predicted octanol–water partition coefficient (Wildman–Crippen LogP) is 1.42. The summed E-state index contributed by atoms with van der Waals surface area (Å²) in [6.07, 6.45) is 4.80. The van der Waals surface area contributed by atoms with Gasteiger partial charge in [-0.3, -0.25) is 4.79 Å². The Hall–Kier alpha value is -1.29. The zero-order valence-corrected chi connectivity index (χ0v) is 10.5. The minimum Gasteiger partial charge on any atom is -0.469 e. The smallest absolute Gasteiger partial charge is 0.236 e. The normalized spacial score (nSPS) is 16.8. The van der Waals surface area contributed by atoms with Gasteiger partial charge < -0.3 is 14.6 Å². The van der Waals surface area contributed by atoms with Crippen molar-refractivity contribution >= 4 is 5.91 Å². The van der Waals surface area contributed by atoms with E-state index in [1.165, 1.54) is 0 Å². The standard InChI is InChI=1S/C13H20N2O2/c1-10(8-12-4-3-7-17-12)14-9-13(16)15(2)11-5-6-11/h3-4,7,10-11,14H,5-6,8-9H2,1-2H3. The lowest BCUT2D eigenvalue weighted by Crippen LogP contribution is -2.40. The first-order valence-electron chi connectivity index (χ1n) is 6.18. The molecule has 1 aliphatic rings. The molecule has 1 saturated carbocycles. The van der Waals surface area contributed by atoms with Crippen molar-refractivity contribution in [2.75, 3.05) is 13.6 Å². The number of hydrogen-bond donors (Lipinski definition) is 1. The van der Waals surface area contributed by atoms with Gasteiger partial charge in [0.2, 0.25) is 5.91 Å². The second kappa shape index (κ2) is 5.36. The summed E-state index contributed by atoms with van der Waals surface area (Å²) in [6.45, 7) is 2.47. The zero-order valence-electron chi connectivity index (χ0n) is 10.5. The monoisotopic (exact) mass is 236 g/mol. The summed E-state index contributed by atoms with van der Waals surface area (Å²) < 4.78 is 5.27. The van der Waals surface area contributed by atoms with Crippen LogP contribution in [-0.2, 0) is 11.2 Å². The van der Waals surface area contributed by atoms with Gasteiger partial charge >= 0.3 is 0 Å². The van der Waals surface area contributed by atoms with Gasteiger partial charge in [-0.1, -0.05) is 0 Å². The van der Waals surface area contributed by atoms with Crippen LogP contribution >= 0.6 is 0 Å². The molecule has 1 aromatic heterocycles. The van der Waals surface area contributed by atoms with Gasteiger partial charge in [-0.2, -0.15) is 0 Å². The van der Waals surface area contributed by atoms with Crippen molar-refractivity contribution in [3.05, 3.63) is 24.2 Å². The Kier molecular flexibility index (Phi) is 3.84. The Labute approximate surface area is 102 Å². The molecule has 1 N–H and O–H groups in total. The molecule has 2 rings (SSSR count). The summed E-state index contributed by atoms with van der Waals surface area (Å²) in [7, 11) is 1.89. The van der Waals surface area contributed by atoms with Crippen molar-refractivity contribution in [2.24, 2.45) is 0 Å². The molecule has 1 unspecified atom stereocenters. The zero-order chi connectivity index (χ0) is 12.3. The molecule has 17 heavy (non-hydrogen) atoms. The number of nitrogens with one attached hydrogen (secondary N) is 1. The van der Waals surface area contributed by atoms with Crippen LogP contribution in [0.25, 0.3) is 0 Å². The molecule has 1 atom stereocenters. The molecule has 94 valence electrons. The van der Waals surface area contributed by atoms with Crippen LogP contribution < -0.4 is 5.32 Å². The van der Waals surface area contributed by atoms with Gasteiger partial charge in [0.05, 0.1) is 12.8 Å². The molecule has 4 heteroatoms. The van der Waals surface area contributed by atoms with Crippen LogP contribution in [0.1, 0.15) is 25.5 Å². The average Bonchev–Trinajstić information content (AvgIpc) is 3.05. The first-order valence-corrected chi connectivity index (χ1v) is 6.18. The average molecular weight is 236 g/mol. The maximum absolute atomic E-state index is 11.8. The Morgan fingerprint density at radius 3 is 3.00 bits per heavy atom. The third kappa shape index (κ3) is 3.60. The number of carbonyl (C=O) groups is 1. The first kappa shape index (κ1) is 12.2. The summed E-state index contributed by atoms with van der Waals surface area (Å²) in [5.74, 6) is 1.13. The van der Waals surface area contributed by atoms with Crippen molar-refractivity contribution in [3.8, 4) is 0 Å². The Bertz CT molecular complexity index is 358. The van der Waals surface area contributed by atoms with Crippen molar-refractivity contribution in [1.29, 1.82) is 0 Å². The molecular weight excluding hydrogens is 216 g/mol. The largest absolute Gasteiger partial charge is 0.469 e. The highest BCUT2D eigenvalue weighted by Crippen LogP contribution is 2.25. The Morgan fingerprint density at radius 1 is 1.65 bits per heavy atom. The van der Waals surface area contributed by atoms with Gasteiger partial charge in [0.25, 0.3) is 0 Å². The number of nitrogens with zero attached hydrogens (tertiary/aromatic N) is 1. The van der Waals surface area contributed by atoms with E-state index < -0.39 is 0 Å². The fraction of sp³-hybridized carbons (Fsp3) is 0.615. The quantitative estimate of drug-likeness (QED) is 0.812. The summed E-state index contributed by atoms with van der Waals surface area (Å²) in [6, 6.07) is 4.58. The molecule has 4 nitrogen and oxygen atoms in total. The molecule has 1 heterocycles. The summed E-state index contributed by atoms with van der Waals surface area (Å²) in [5, 5.41) is 3.23. The molecule has 1 aliphatic carbocycles. The van der Waals surface area contributed by atoms with Crippen LogP contribution in [0.4, 0.5) is 0 Å². The van der Waals surface area contributed by atoms with E-state index >= 15 is 0 Å². The molecule has 1 fully saturated rings. The fourth-order valence-electron chi connectivity index (χ4n) is 1.85. The van der Waals surface area contributed by atoms with Crippen molar-refractivity contribution in [3.63, 3.8) is 0 Å². The van der Waals surface area contributed by atoms with Gasteiger partial charge in [0, 0.05) is 25.6 Å². The third-order valence-electron chi connectivity index (χ3n) is 3.18. The van der Waals surface area contributed by atoms with Crippen LogP contribution in [0, 0.1) is 0 Å². The maximum atomic E-state index is 11.8. The molecule has 0 spiro atoms. The number of rotatable bonds is 6. The van der Waals surface area contributed by atoms with Gasteiger partial charge in [0.15, 0.2) is 0 Å². The summed E-state index contributed by atoms with van der Waals surface area (Å²) >= 11 is 0. The van der Waals surface area contributed by atoms with Crippen LogP contribution in [0.5, 0.6) is 0 Å². The van der Waals surface area contributed by atoms with Crippen LogP contribution in [0.2, 0.25) is 0 Å². The van der Waals surface area contributed by atoms with Crippen molar-refractivity contribution in [1.82, 2.24) is 10.2 Å². The number of hydrogen-bond acceptors (Lipinski definition) is 3. The molecule has 0 radical (unpaired) electrons. The van der Waals surface area contributed by atoms with E-state index in [1.807, 2.05) is 24.1 Å². The van der Waals surface area contributed by atoms with Gasteiger partial charge in [0.1, 0.15) is 5.76 Å². The first-order chi connectivity index (χ1) is 8.16. The lowest BCUT2D eigenvalue weighted by Gasteiger charge is -2.18. The molecule has 0 bridgehead atoms. The van der Waals surface area contributed by atoms with Crippen molar-refractivity contribution in [2.45, 2.75) is 38.3 Å². The van der Waals surface area contributed by atoms with Crippen LogP contribution in [0.15, 0.2) is 22.8 Å². The molecule has 0 aliphatic heterocycles. The SMILES string of the molecule is CC(Cc1ccco1)NCC(=O)N(C)C1CC1. The molecule has 1 amide bonds. The Balaban J connectivity index is 1.68. The van der Waals surface area contributed by atoms with E-state index in [0.717, 1.165) is 25.0 Å². The molecule has 0 saturated heterocycles. The minimum absolute atomic E-state index is 0.179. The van der Waals surface area contributed by atoms with Gasteiger partial charge in [-0.25, -0.2) is 0 Å². The number of amides is 1. The summed E-state index contributed by atoms with van der Waals surface area (Å²) in [4.78, 5) is 13.6. The summed E-state index contributed by atoms with van der Waals surface area (Å²) in [5.41, 5.74) is 0. The minimum atomic E-state index is 0.179.